The molecule has 0 aliphatic rings. The molecule has 0 unspecified atom stereocenters. The molecule has 8 aromatic rings. The zero-order chi connectivity index (χ0) is 52.2. The summed E-state index contributed by atoms with van der Waals surface area (Å²) in [4.78, 5) is 0. The summed E-state index contributed by atoms with van der Waals surface area (Å²) in [7, 11) is 0. The quantitative estimate of drug-likeness (QED) is 0.0517. The largest absolute Gasteiger partial charge is 0.325 e. The highest BCUT2D eigenvalue weighted by molar-refractivity contribution is 7.20. The highest BCUT2D eigenvalue weighted by Crippen LogP contribution is 2.46. The Hall–Kier alpha value is -7.62. The molecule has 0 aromatic heterocycles. The van der Waals surface area contributed by atoms with Crippen molar-refractivity contribution in [3.8, 4) is 0 Å². The minimum absolute atomic E-state index is 0.401. The monoisotopic (exact) mass is 1020 g/mol. The van der Waals surface area contributed by atoms with Crippen LogP contribution in [0.2, 0.25) is 0 Å². The molecule has 0 aliphatic carbocycles. The van der Waals surface area contributed by atoms with Crippen LogP contribution in [-0.2, 0) is 5.41 Å². The smallest absolute Gasteiger partial charge is 0.200 e. The Morgan fingerprint density at radius 2 is 0.423 bits per heavy atom. The van der Waals surface area contributed by atoms with Crippen molar-refractivity contribution in [3.63, 3.8) is 0 Å². The Morgan fingerprint density at radius 3 is 0.634 bits per heavy atom. The summed E-state index contributed by atoms with van der Waals surface area (Å²) < 4.78 is 294. The van der Waals surface area contributed by atoms with Crippen LogP contribution in [-0.4, -0.2) is 6.15 Å². The zero-order valence-electron chi connectivity index (χ0n) is 34.8. The van der Waals surface area contributed by atoms with Gasteiger partial charge in [-0.05, 0) is 22.8 Å². The second kappa shape index (κ2) is 19.3. The molecule has 8 rings (SSSR count). The van der Waals surface area contributed by atoms with E-state index in [0.29, 0.717) is 0 Å². The minimum atomic E-state index is -7.22. The van der Waals surface area contributed by atoms with Gasteiger partial charge in [0.25, 0.3) is 0 Å². The first-order valence-corrected chi connectivity index (χ1v) is 19.8. The Balaban J connectivity index is 0.000000240. The molecule has 0 saturated heterocycles. The van der Waals surface area contributed by atoms with E-state index in [1.165, 1.54) is 22.3 Å². The molecule has 0 atom stereocenters. The lowest BCUT2D eigenvalue weighted by molar-refractivity contribution is -0.256. The molecule has 366 valence electrons. The highest BCUT2D eigenvalue weighted by Gasteiger charge is 2.52. The van der Waals surface area contributed by atoms with Crippen molar-refractivity contribution in [1.29, 1.82) is 0 Å². The van der Waals surface area contributed by atoms with Crippen LogP contribution < -0.4 is 27.6 Å². The SMILES string of the molecule is Fc1c(F)c(F)c([B-](c2c(F)c(F)c(F)c(F)c2F)(c2c(F)c(F)c(F)c(F)c2F)c2c(F)c(F)c(F)c(F)c2F)c(F)c1F.[NH3+]c1ccccc1C(c1ccccc1)(c1ccccc1)c1ccccc1. The molecule has 0 heterocycles. The number of hydrogen-bond acceptors (Lipinski definition) is 0. The molecule has 0 radical (unpaired) electrons. The number of hydrogen-bond donors (Lipinski definition) is 1. The van der Waals surface area contributed by atoms with Crippen molar-refractivity contribution >= 4 is 33.7 Å². The van der Waals surface area contributed by atoms with Gasteiger partial charge in [-0.2, -0.15) is 0 Å². The Bertz CT molecular complexity index is 2900. The molecular weight excluding hydrogens is 993 g/mol. The minimum Gasteiger partial charge on any atom is -0.325 e. The van der Waals surface area contributed by atoms with Gasteiger partial charge in [-0.15, -0.1) is 21.9 Å². The lowest BCUT2D eigenvalue weighted by Crippen LogP contribution is -2.81. The standard InChI is InChI=1S/C25H21N.C24BF20/c26-24-19-11-10-18-23(24)25(20-12-4-1-5-13-20,21-14-6-2-7-15-21)22-16-8-3-9-17-22;26-5-1(6(27)14(35)21(42)13(5)34)25(2-7(28)15(36)22(43)16(37)8(2)29,3-9(30)17(38)23(44)18(39)10(3)31)4-11(32)19(40)24(45)20(41)12(4)33/h1-19H,26H2;/q;-1/p+1. The fourth-order valence-electron chi connectivity index (χ4n) is 8.79. The number of halogens is 20. The predicted octanol–water partition coefficient (Wildman–Crippen LogP) is 10.8. The summed E-state index contributed by atoms with van der Waals surface area (Å²) >= 11 is 0. The van der Waals surface area contributed by atoms with E-state index in [1.807, 2.05) is 0 Å². The molecule has 0 amide bonds. The summed E-state index contributed by atoms with van der Waals surface area (Å²) in [5.41, 5.74) is -4.38. The van der Waals surface area contributed by atoms with Crippen molar-refractivity contribution in [2.24, 2.45) is 0 Å². The van der Waals surface area contributed by atoms with Crippen LogP contribution in [0.25, 0.3) is 0 Å². The first kappa shape index (κ1) is 51.2. The third kappa shape index (κ3) is 7.74. The maximum atomic E-state index is 15.4. The summed E-state index contributed by atoms with van der Waals surface area (Å²) in [5, 5.41) is 0. The highest BCUT2D eigenvalue weighted by atomic mass is 19.2. The molecule has 0 bridgehead atoms. The first-order chi connectivity index (χ1) is 33.5. The molecule has 1 nitrogen and oxygen atoms in total. The summed E-state index contributed by atoms with van der Waals surface area (Å²) in [6.07, 6.45) is -7.22. The lowest BCUT2D eigenvalue weighted by atomic mass is 9.12. The number of quaternary nitrogens is 1. The molecular formula is C49H22BF20N. The van der Waals surface area contributed by atoms with Crippen LogP contribution in [0, 0.1) is 116 Å². The van der Waals surface area contributed by atoms with Crippen molar-refractivity contribution in [2.45, 2.75) is 5.41 Å². The molecule has 3 N–H and O–H groups in total. The van der Waals surface area contributed by atoms with Gasteiger partial charge in [0.1, 0.15) is 58.4 Å². The Labute approximate surface area is 386 Å². The maximum Gasteiger partial charge on any atom is 0.200 e. The molecule has 0 saturated carbocycles. The van der Waals surface area contributed by atoms with Crippen LogP contribution in [0.3, 0.4) is 0 Å². The van der Waals surface area contributed by atoms with Gasteiger partial charge in [-0.1, -0.05) is 109 Å². The first-order valence-electron chi connectivity index (χ1n) is 19.8. The average Bonchev–Trinajstić information content (AvgIpc) is 3.38. The molecule has 0 spiro atoms. The van der Waals surface area contributed by atoms with Gasteiger partial charge in [0.15, 0.2) is 69.8 Å². The predicted molar refractivity (Wildman–Crippen MR) is 217 cm³/mol. The van der Waals surface area contributed by atoms with Crippen LogP contribution in [0.15, 0.2) is 115 Å². The van der Waals surface area contributed by atoms with Crippen molar-refractivity contribution in [3.05, 3.63) is 254 Å². The van der Waals surface area contributed by atoms with Gasteiger partial charge in [0.05, 0.1) is 5.41 Å². The second-order valence-electron chi connectivity index (χ2n) is 15.3. The van der Waals surface area contributed by atoms with Crippen LogP contribution in [0.4, 0.5) is 93.5 Å². The normalized spacial score (nSPS) is 11.7. The van der Waals surface area contributed by atoms with E-state index in [9.17, 15) is 52.7 Å². The van der Waals surface area contributed by atoms with Crippen LogP contribution in [0.1, 0.15) is 22.3 Å². The topological polar surface area (TPSA) is 27.6 Å². The van der Waals surface area contributed by atoms with Gasteiger partial charge < -0.3 is 5.73 Å². The summed E-state index contributed by atoms with van der Waals surface area (Å²) in [5.74, 6) is -71.4. The summed E-state index contributed by atoms with van der Waals surface area (Å²) in [6.45, 7) is 0. The fraction of sp³-hybridized carbons (Fsp3) is 0.0204. The zero-order valence-corrected chi connectivity index (χ0v) is 34.8. The van der Waals surface area contributed by atoms with Gasteiger partial charge in [-0.25, -0.2) is 87.8 Å². The summed E-state index contributed by atoms with van der Waals surface area (Å²) in [6, 6.07) is 40.6. The average molecular weight is 1020 g/mol. The van der Waals surface area contributed by atoms with Crippen LogP contribution >= 0.6 is 0 Å². The third-order valence-electron chi connectivity index (χ3n) is 11.7. The van der Waals surface area contributed by atoms with E-state index in [1.54, 1.807) is 0 Å². The van der Waals surface area contributed by atoms with Gasteiger partial charge in [-0.3, -0.25) is 0 Å². The van der Waals surface area contributed by atoms with E-state index in [-0.39, 0.29) is 0 Å². The van der Waals surface area contributed by atoms with E-state index in [4.69, 9.17) is 0 Å². The molecule has 71 heavy (non-hydrogen) atoms. The Morgan fingerprint density at radius 1 is 0.239 bits per heavy atom. The van der Waals surface area contributed by atoms with E-state index in [2.05, 4.69) is 121 Å². The third-order valence-corrected chi connectivity index (χ3v) is 11.7. The number of benzene rings is 8. The molecule has 8 aromatic carbocycles. The Kier molecular flexibility index (Phi) is 13.9. The van der Waals surface area contributed by atoms with Gasteiger partial charge in [0.2, 0.25) is 0 Å². The second-order valence-corrected chi connectivity index (χ2v) is 15.3. The van der Waals surface area contributed by atoms with E-state index < -0.39 is 150 Å². The fourth-order valence-corrected chi connectivity index (χ4v) is 8.79. The van der Waals surface area contributed by atoms with Gasteiger partial charge >= 0.3 is 0 Å². The van der Waals surface area contributed by atoms with Crippen molar-refractivity contribution < 1.29 is 93.5 Å². The van der Waals surface area contributed by atoms with Crippen LogP contribution in [0.5, 0.6) is 0 Å². The molecule has 22 heteroatoms. The number of rotatable bonds is 8. The maximum absolute atomic E-state index is 15.4. The van der Waals surface area contributed by atoms with E-state index in [0.717, 1.165) is 5.69 Å². The van der Waals surface area contributed by atoms with Crippen molar-refractivity contribution in [1.82, 2.24) is 0 Å². The van der Waals surface area contributed by atoms with Gasteiger partial charge in [0, 0.05) is 5.56 Å². The molecule has 0 fully saturated rings. The lowest BCUT2D eigenvalue weighted by Gasteiger charge is -2.44. The van der Waals surface area contributed by atoms with E-state index >= 15 is 35.1 Å². The van der Waals surface area contributed by atoms with Crippen molar-refractivity contribution in [2.75, 3.05) is 0 Å². The molecule has 0 aliphatic heterocycles.